The van der Waals surface area contributed by atoms with Gasteiger partial charge in [-0.15, -0.1) is 0 Å². The quantitative estimate of drug-likeness (QED) is 0.350. The van der Waals surface area contributed by atoms with Gasteiger partial charge < -0.3 is 5.11 Å². The Hall–Kier alpha value is -3.75. The lowest BCUT2D eigenvalue weighted by atomic mass is 10.2. The first-order valence-electron chi connectivity index (χ1n) is 9.84. The van der Waals surface area contributed by atoms with E-state index >= 15 is 0 Å². The van der Waals surface area contributed by atoms with Crippen LogP contribution in [-0.2, 0) is 4.79 Å². The topological polar surface area (TPSA) is 62.5 Å². The predicted molar refractivity (Wildman–Crippen MR) is 128 cm³/mol. The van der Waals surface area contributed by atoms with E-state index in [1.54, 1.807) is 24.5 Å². The first-order valence-corrected chi connectivity index (χ1v) is 11.6. The monoisotopic (exact) mass is 424 g/mol. The van der Waals surface area contributed by atoms with E-state index in [-0.39, 0.29) is 0 Å². The summed E-state index contributed by atoms with van der Waals surface area (Å²) in [5.74, 6) is -1.00. The van der Waals surface area contributed by atoms with Gasteiger partial charge in [0.05, 0.1) is 18.9 Å². The standard InChI is InChI=1S/C26H21N2O2P/c29-26(30)17-16-21-18-19-27-20-25(21)28-31(22-10-4-1-5-11-22,23-12-6-2-7-13-23)24-14-8-3-9-15-24/h1-20H,(H,29,30)/b17-16+. The number of carboxylic acids is 1. The summed E-state index contributed by atoms with van der Waals surface area (Å²) in [7, 11) is -2.45. The number of hydrogen-bond acceptors (Lipinski definition) is 3. The molecule has 0 atom stereocenters. The SMILES string of the molecule is O=C(O)/C=C/c1ccncc1N=P(c1ccccc1)(c1ccccc1)c1ccccc1. The van der Waals surface area contributed by atoms with Gasteiger partial charge in [0.2, 0.25) is 0 Å². The van der Waals surface area contributed by atoms with Crippen LogP contribution in [0.15, 0.2) is 120 Å². The lowest BCUT2D eigenvalue weighted by molar-refractivity contribution is -0.131. The van der Waals surface area contributed by atoms with Gasteiger partial charge in [-0.25, -0.2) is 4.79 Å². The Morgan fingerprint density at radius 2 is 1.26 bits per heavy atom. The van der Waals surface area contributed by atoms with Crippen molar-refractivity contribution in [2.45, 2.75) is 0 Å². The molecule has 0 amide bonds. The lowest BCUT2D eigenvalue weighted by Gasteiger charge is -2.27. The van der Waals surface area contributed by atoms with Crippen LogP contribution in [0.3, 0.4) is 0 Å². The van der Waals surface area contributed by atoms with Crippen molar-refractivity contribution < 1.29 is 9.90 Å². The van der Waals surface area contributed by atoms with Crippen LogP contribution in [0.2, 0.25) is 0 Å². The van der Waals surface area contributed by atoms with Crippen molar-refractivity contribution in [2.75, 3.05) is 0 Å². The van der Waals surface area contributed by atoms with Crippen LogP contribution in [-0.4, -0.2) is 16.1 Å². The minimum Gasteiger partial charge on any atom is -0.478 e. The van der Waals surface area contributed by atoms with E-state index in [9.17, 15) is 4.79 Å². The average Bonchev–Trinajstić information content (AvgIpc) is 2.83. The van der Waals surface area contributed by atoms with E-state index in [2.05, 4.69) is 41.4 Å². The Labute approximate surface area is 181 Å². The number of rotatable bonds is 6. The van der Waals surface area contributed by atoms with E-state index in [1.807, 2.05) is 54.6 Å². The van der Waals surface area contributed by atoms with E-state index < -0.39 is 13.0 Å². The molecule has 0 aliphatic carbocycles. The molecule has 152 valence electrons. The van der Waals surface area contributed by atoms with Gasteiger partial charge in [-0.3, -0.25) is 9.73 Å². The fourth-order valence-electron chi connectivity index (χ4n) is 3.50. The molecule has 0 aliphatic rings. The predicted octanol–water partition coefficient (Wildman–Crippen LogP) is 4.99. The molecule has 3 aromatic carbocycles. The van der Waals surface area contributed by atoms with Gasteiger partial charge in [-0.05, 0) is 12.1 Å². The molecular weight excluding hydrogens is 403 g/mol. The summed E-state index contributed by atoms with van der Waals surface area (Å²) in [5, 5.41) is 12.5. The number of nitrogens with zero attached hydrogens (tertiary/aromatic N) is 2. The summed E-state index contributed by atoms with van der Waals surface area (Å²) in [6.45, 7) is 0. The highest BCUT2D eigenvalue weighted by Crippen LogP contribution is 2.49. The third-order valence-corrected chi connectivity index (χ3v) is 8.54. The fourth-order valence-corrected chi connectivity index (χ4v) is 7.04. The van der Waals surface area contributed by atoms with Crippen LogP contribution < -0.4 is 15.9 Å². The van der Waals surface area contributed by atoms with Gasteiger partial charge in [-0.2, -0.15) is 0 Å². The zero-order valence-corrected chi connectivity index (χ0v) is 17.6. The molecule has 5 heteroatoms. The number of carbonyl (C=O) groups is 1. The summed E-state index contributed by atoms with van der Waals surface area (Å²) in [5.41, 5.74) is 1.37. The summed E-state index contributed by atoms with van der Waals surface area (Å²) >= 11 is 0. The van der Waals surface area contributed by atoms with Crippen LogP contribution in [0, 0.1) is 0 Å². The molecule has 1 aromatic heterocycles. The molecule has 1 heterocycles. The molecule has 4 nitrogen and oxygen atoms in total. The average molecular weight is 424 g/mol. The normalized spacial score (nSPS) is 11.4. The van der Waals surface area contributed by atoms with Crippen LogP contribution in [0.25, 0.3) is 6.08 Å². The van der Waals surface area contributed by atoms with Crippen molar-refractivity contribution in [1.82, 2.24) is 4.98 Å². The maximum absolute atomic E-state index is 11.1. The van der Waals surface area contributed by atoms with Crippen molar-refractivity contribution in [3.63, 3.8) is 0 Å². The van der Waals surface area contributed by atoms with E-state index in [4.69, 9.17) is 9.85 Å². The molecule has 0 radical (unpaired) electrons. The van der Waals surface area contributed by atoms with Gasteiger partial charge in [0.25, 0.3) is 0 Å². The number of aromatic nitrogens is 1. The largest absolute Gasteiger partial charge is 0.478 e. The number of carboxylic acid groups (broad SMARTS) is 1. The number of pyridine rings is 1. The first-order chi connectivity index (χ1) is 15.2. The van der Waals surface area contributed by atoms with E-state index in [0.717, 1.165) is 22.0 Å². The van der Waals surface area contributed by atoms with Gasteiger partial charge in [0.15, 0.2) is 0 Å². The Morgan fingerprint density at radius 3 is 1.71 bits per heavy atom. The second-order valence-electron chi connectivity index (χ2n) is 6.85. The highest BCUT2D eigenvalue weighted by Gasteiger charge is 2.27. The molecule has 1 N–H and O–H groups in total. The first kappa shape index (κ1) is 20.5. The Morgan fingerprint density at radius 1 is 0.774 bits per heavy atom. The molecular formula is C26H21N2O2P. The molecule has 4 rings (SSSR count). The Balaban J connectivity index is 2.11. The summed E-state index contributed by atoms with van der Waals surface area (Å²) < 4.78 is 5.38. The van der Waals surface area contributed by atoms with E-state index in [0.29, 0.717) is 11.3 Å². The van der Waals surface area contributed by atoms with Crippen molar-refractivity contribution >= 4 is 40.7 Å². The van der Waals surface area contributed by atoms with Crippen LogP contribution in [0.1, 0.15) is 5.56 Å². The minimum atomic E-state index is -2.45. The Kier molecular flexibility index (Phi) is 6.21. The molecule has 0 fully saturated rings. The van der Waals surface area contributed by atoms with Gasteiger partial charge in [-0.1, -0.05) is 91.0 Å². The molecule has 0 aliphatic heterocycles. The molecule has 0 unspecified atom stereocenters. The summed E-state index contributed by atoms with van der Waals surface area (Å²) in [6.07, 6.45) is 6.04. The highest BCUT2D eigenvalue weighted by molar-refractivity contribution is 7.87. The van der Waals surface area contributed by atoms with Crippen LogP contribution in [0.4, 0.5) is 5.69 Å². The van der Waals surface area contributed by atoms with Crippen molar-refractivity contribution in [2.24, 2.45) is 4.74 Å². The maximum atomic E-state index is 11.1. The Bertz CT molecular complexity index is 1150. The minimum absolute atomic E-state index is 0.657. The molecule has 4 aromatic rings. The second-order valence-corrected chi connectivity index (χ2v) is 9.87. The summed E-state index contributed by atoms with van der Waals surface area (Å²) in [6, 6.07) is 32.6. The maximum Gasteiger partial charge on any atom is 0.328 e. The van der Waals surface area contributed by atoms with Gasteiger partial charge >= 0.3 is 5.97 Å². The van der Waals surface area contributed by atoms with Gasteiger partial charge in [0, 0.05) is 33.7 Å². The molecule has 0 bridgehead atoms. The zero-order chi connectivity index (χ0) is 21.5. The molecule has 0 saturated heterocycles. The third-order valence-electron chi connectivity index (χ3n) is 4.89. The molecule has 0 spiro atoms. The van der Waals surface area contributed by atoms with Crippen molar-refractivity contribution in [3.8, 4) is 0 Å². The van der Waals surface area contributed by atoms with Gasteiger partial charge in [0.1, 0.15) is 0 Å². The smallest absolute Gasteiger partial charge is 0.328 e. The van der Waals surface area contributed by atoms with Crippen LogP contribution >= 0.6 is 7.05 Å². The zero-order valence-electron chi connectivity index (χ0n) is 16.7. The highest BCUT2D eigenvalue weighted by atomic mass is 31.2. The molecule has 0 saturated carbocycles. The lowest BCUT2D eigenvalue weighted by Crippen LogP contribution is -2.25. The summed E-state index contributed by atoms with van der Waals surface area (Å²) in [4.78, 5) is 15.4. The number of hydrogen-bond donors (Lipinski definition) is 1. The number of aliphatic carboxylic acids is 1. The number of benzene rings is 3. The molecule has 31 heavy (non-hydrogen) atoms. The van der Waals surface area contributed by atoms with Crippen molar-refractivity contribution in [1.29, 1.82) is 0 Å². The fraction of sp³-hybridized carbons (Fsp3) is 0. The van der Waals surface area contributed by atoms with Crippen LogP contribution in [0.5, 0.6) is 0 Å². The third kappa shape index (κ3) is 4.40. The van der Waals surface area contributed by atoms with Crippen molar-refractivity contribution in [3.05, 3.63) is 121 Å². The second kappa shape index (κ2) is 9.38. The van der Waals surface area contributed by atoms with E-state index in [1.165, 1.54) is 0 Å².